The summed E-state index contributed by atoms with van der Waals surface area (Å²) >= 11 is 3.39. The molecular weight excluding hydrogens is 386 g/mol. The lowest BCUT2D eigenvalue weighted by Crippen LogP contribution is -2.31. The van der Waals surface area contributed by atoms with Crippen LogP contribution in [-0.2, 0) is 4.79 Å². The van der Waals surface area contributed by atoms with Crippen LogP contribution < -0.4 is 10.1 Å². The van der Waals surface area contributed by atoms with Gasteiger partial charge in [-0.15, -0.1) is 5.10 Å². The van der Waals surface area contributed by atoms with Gasteiger partial charge in [-0.25, -0.2) is 4.68 Å². The number of nitrogens with one attached hydrogen (secondary N) is 1. The fraction of sp³-hybridized carbons (Fsp3) is 0.176. The van der Waals surface area contributed by atoms with Gasteiger partial charge >= 0.3 is 0 Å². The maximum absolute atomic E-state index is 12.1. The third-order valence-corrected chi connectivity index (χ3v) is 4.08. The molecule has 1 atom stereocenters. The Labute approximate surface area is 153 Å². The molecule has 1 aromatic heterocycles. The summed E-state index contributed by atoms with van der Waals surface area (Å²) < 4.78 is 8.08. The second kappa shape index (κ2) is 7.89. The number of rotatable bonds is 6. The van der Waals surface area contributed by atoms with Crippen LogP contribution in [0, 0.1) is 0 Å². The van der Waals surface area contributed by atoms with Crippen molar-refractivity contribution < 1.29 is 9.53 Å². The normalized spacial score (nSPS) is 11.8. The molecule has 7 nitrogen and oxygen atoms in total. The fourth-order valence-corrected chi connectivity index (χ4v) is 2.53. The molecule has 0 radical (unpaired) electrons. The van der Waals surface area contributed by atoms with Gasteiger partial charge in [-0.05, 0) is 47.2 Å². The van der Waals surface area contributed by atoms with Gasteiger partial charge in [0, 0.05) is 10.5 Å². The summed E-state index contributed by atoms with van der Waals surface area (Å²) in [5.41, 5.74) is 1.78. The molecule has 0 aliphatic carbocycles. The summed E-state index contributed by atoms with van der Waals surface area (Å²) in [6.45, 7) is 1.86. The van der Waals surface area contributed by atoms with Crippen LogP contribution in [0.5, 0.6) is 5.75 Å². The Morgan fingerprint density at radius 2 is 2.08 bits per heavy atom. The van der Waals surface area contributed by atoms with E-state index in [9.17, 15) is 4.79 Å². The number of carbonyl (C=O) groups excluding carboxylic acids is 1. The van der Waals surface area contributed by atoms with Gasteiger partial charge in [0.05, 0.1) is 11.7 Å². The standard InChI is InChI=1S/C17H16BrN5O2/c1-12(13-5-7-14(18)8-6-13)20-17(24)10-25-16-4-2-3-15(9-16)23-11-19-21-22-23/h2-9,11-12H,10H2,1H3,(H,20,24)/t12-/m0/s1. The maximum Gasteiger partial charge on any atom is 0.258 e. The van der Waals surface area contributed by atoms with Crippen LogP contribution >= 0.6 is 15.9 Å². The molecule has 2 aromatic carbocycles. The Hall–Kier alpha value is -2.74. The largest absolute Gasteiger partial charge is 0.484 e. The zero-order chi connectivity index (χ0) is 17.6. The molecule has 0 bridgehead atoms. The Morgan fingerprint density at radius 1 is 1.28 bits per heavy atom. The highest BCUT2D eigenvalue weighted by Gasteiger charge is 2.10. The number of carbonyl (C=O) groups is 1. The van der Waals surface area contributed by atoms with E-state index >= 15 is 0 Å². The van der Waals surface area contributed by atoms with Gasteiger partial charge in [-0.2, -0.15) is 0 Å². The van der Waals surface area contributed by atoms with Gasteiger partial charge in [0.2, 0.25) is 0 Å². The lowest BCUT2D eigenvalue weighted by atomic mass is 10.1. The van der Waals surface area contributed by atoms with E-state index in [4.69, 9.17) is 4.74 Å². The van der Waals surface area contributed by atoms with E-state index in [1.54, 1.807) is 12.1 Å². The number of ether oxygens (including phenoxy) is 1. The van der Waals surface area contributed by atoms with E-state index in [0.29, 0.717) is 5.75 Å². The quantitative estimate of drug-likeness (QED) is 0.686. The topological polar surface area (TPSA) is 81.9 Å². The zero-order valence-electron chi connectivity index (χ0n) is 13.5. The van der Waals surface area contributed by atoms with Gasteiger partial charge < -0.3 is 10.1 Å². The van der Waals surface area contributed by atoms with E-state index in [1.165, 1.54) is 11.0 Å². The average Bonchev–Trinajstić information content (AvgIpc) is 3.15. The molecule has 0 saturated heterocycles. The van der Waals surface area contributed by atoms with Gasteiger partial charge in [-0.1, -0.05) is 34.1 Å². The van der Waals surface area contributed by atoms with Crippen LogP contribution in [0.15, 0.2) is 59.3 Å². The molecule has 1 amide bonds. The minimum absolute atomic E-state index is 0.0695. The molecule has 0 saturated carbocycles. The number of amides is 1. The third-order valence-electron chi connectivity index (χ3n) is 3.55. The fourth-order valence-electron chi connectivity index (χ4n) is 2.26. The van der Waals surface area contributed by atoms with Crippen molar-refractivity contribution in [3.63, 3.8) is 0 Å². The molecule has 1 heterocycles. The molecule has 0 unspecified atom stereocenters. The van der Waals surface area contributed by atoms with Crippen LogP contribution in [0.2, 0.25) is 0 Å². The highest BCUT2D eigenvalue weighted by atomic mass is 79.9. The van der Waals surface area contributed by atoms with Crippen molar-refractivity contribution in [3.8, 4) is 11.4 Å². The van der Waals surface area contributed by atoms with Crippen molar-refractivity contribution in [2.75, 3.05) is 6.61 Å². The molecule has 0 spiro atoms. The Bertz CT molecular complexity index is 837. The summed E-state index contributed by atoms with van der Waals surface area (Å²) in [4.78, 5) is 12.1. The minimum Gasteiger partial charge on any atom is -0.484 e. The first kappa shape index (κ1) is 17.1. The minimum atomic E-state index is -0.191. The summed E-state index contributed by atoms with van der Waals surface area (Å²) in [7, 11) is 0. The summed E-state index contributed by atoms with van der Waals surface area (Å²) in [5, 5.41) is 13.9. The lowest BCUT2D eigenvalue weighted by Gasteiger charge is -2.15. The van der Waals surface area contributed by atoms with Gasteiger partial charge in [0.1, 0.15) is 12.1 Å². The van der Waals surface area contributed by atoms with Crippen LogP contribution in [0.3, 0.4) is 0 Å². The molecule has 0 aliphatic heterocycles. The van der Waals surface area contributed by atoms with Gasteiger partial charge in [0.15, 0.2) is 6.61 Å². The van der Waals surface area contributed by atoms with Crippen molar-refractivity contribution in [1.82, 2.24) is 25.5 Å². The van der Waals surface area contributed by atoms with E-state index in [-0.39, 0.29) is 18.6 Å². The monoisotopic (exact) mass is 401 g/mol. The molecule has 3 rings (SSSR count). The Balaban J connectivity index is 1.55. The van der Waals surface area contributed by atoms with E-state index in [1.807, 2.05) is 43.3 Å². The van der Waals surface area contributed by atoms with Crippen molar-refractivity contribution in [2.45, 2.75) is 13.0 Å². The van der Waals surface area contributed by atoms with Crippen molar-refractivity contribution in [1.29, 1.82) is 0 Å². The second-order valence-electron chi connectivity index (χ2n) is 5.38. The van der Waals surface area contributed by atoms with Crippen molar-refractivity contribution in [2.24, 2.45) is 0 Å². The van der Waals surface area contributed by atoms with E-state index in [2.05, 4.69) is 36.8 Å². The first-order valence-corrected chi connectivity index (χ1v) is 8.42. The summed E-state index contributed by atoms with van der Waals surface area (Å²) in [5.74, 6) is 0.377. The SMILES string of the molecule is C[C@H](NC(=O)COc1cccc(-n2cnnn2)c1)c1ccc(Br)cc1. The number of halogens is 1. The number of aromatic nitrogens is 4. The van der Waals surface area contributed by atoms with Gasteiger partial charge in [0.25, 0.3) is 5.91 Å². The van der Waals surface area contributed by atoms with Crippen LogP contribution in [-0.4, -0.2) is 32.7 Å². The van der Waals surface area contributed by atoms with Crippen molar-refractivity contribution in [3.05, 3.63) is 64.9 Å². The van der Waals surface area contributed by atoms with Gasteiger partial charge in [-0.3, -0.25) is 4.79 Å². The van der Waals surface area contributed by atoms with E-state index < -0.39 is 0 Å². The number of hydrogen-bond donors (Lipinski definition) is 1. The maximum atomic E-state index is 12.1. The summed E-state index contributed by atoms with van der Waals surface area (Å²) in [6, 6.07) is 14.9. The Kier molecular flexibility index (Phi) is 5.39. The zero-order valence-corrected chi connectivity index (χ0v) is 15.0. The predicted octanol–water partition coefficient (Wildman–Crippen LogP) is 2.68. The summed E-state index contributed by atoms with van der Waals surface area (Å²) in [6.07, 6.45) is 1.49. The van der Waals surface area contributed by atoms with Crippen molar-refractivity contribution >= 4 is 21.8 Å². The number of tetrazole rings is 1. The molecule has 8 heteroatoms. The highest BCUT2D eigenvalue weighted by Crippen LogP contribution is 2.17. The Morgan fingerprint density at radius 3 is 2.80 bits per heavy atom. The first-order valence-electron chi connectivity index (χ1n) is 7.63. The molecule has 0 aliphatic rings. The molecule has 25 heavy (non-hydrogen) atoms. The molecule has 1 N–H and O–H groups in total. The van der Waals surface area contributed by atoms with Crippen LogP contribution in [0.25, 0.3) is 5.69 Å². The third kappa shape index (κ3) is 4.63. The molecular formula is C17H16BrN5O2. The number of benzene rings is 2. The highest BCUT2D eigenvalue weighted by molar-refractivity contribution is 9.10. The predicted molar refractivity (Wildman–Crippen MR) is 95.3 cm³/mol. The van der Waals surface area contributed by atoms with Crippen LogP contribution in [0.1, 0.15) is 18.5 Å². The number of hydrogen-bond acceptors (Lipinski definition) is 5. The smallest absolute Gasteiger partial charge is 0.258 e. The molecule has 0 fully saturated rings. The first-order chi connectivity index (χ1) is 12.1. The number of nitrogens with zero attached hydrogens (tertiary/aromatic N) is 4. The second-order valence-corrected chi connectivity index (χ2v) is 6.30. The van der Waals surface area contributed by atoms with E-state index in [0.717, 1.165) is 15.7 Å². The lowest BCUT2D eigenvalue weighted by molar-refractivity contribution is -0.123. The molecule has 128 valence electrons. The van der Waals surface area contributed by atoms with Crippen LogP contribution in [0.4, 0.5) is 0 Å². The average molecular weight is 402 g/mol. The molecule has 3 aromatic rings.